The Morgan fingerprint density at radius 3 is 2.83 bits per heavy atom. The van der Waals surface area contributed by atoms with Crippen LogP contribution in [0.25, 0.3) is 0 Å². The lowest BCUT2D eigenvalue weighted by atomic mass is 10.4. The molecule has 0 fully saturated rings. The molecule has 1 heterocycles. The van der Waals surface area contributed by atoms with Crippen molar-refractivity contribution in [1.29, 1.82) is 0 Å². The van der Waals surface area contributed by atoms with Crippen LogP contribution in [0.15, 0.2) is 17.2 Å². The van der Waals surface area contributed by atoms with Crippen LogP contribution in [0.3, 0.4) is 0 Å². The summed E-state index contributed by atoms with van der Waals surface area (Å²) in [5.41, 5.74) is 0.814. The van der Waals surface area contributed by atoms with Crippen molar-refractivity contribution in [2.75, 3.05) is 19.8 Å². The summed E-state index contributed by atoms with van der Waals surface area (Å²) in [6.45, 7) is 3.14. The fraction of sp³-hybridized carbons (Fsp3) is 0.636. The summed E-state index contributed by atoms with van der Waals surface area (Å²) in [7, 11) is -3.52. The molecular formula is C11H20FN3O2S. The Hall–Kier alpha value is -0.920. The second-order valence-corrected chi connectivity index (χ2v) is 5.74. The number of H-pyrrole nitrogens is 1. The summed E-state index contributed by atoms with van der Waals surface area (Å²) < 4.78 is 37.8. The van der Waals surface area contributed by atoms with Crippen LogP contribution in [0.1, 0.15) is 25.5 Å². The Balaban J connectivity index is 2.55. The van der Waals surface area contributed by atoms with Gasteiger partial charge < -0.3 is 10.3 Å². The van der Waals surface area contributed by atoms with Gasteiger partial charge in [0, 0.05) is 25.0 Å². The molecule has 0 aliphatic rings. The first-order valence-electron chi connectivity index (χ1n) is 6.03. The van der Waals surface area contributed by atoms with Gasteiger partial charge in [0.15, 0.2) is 0 Å². The number of sulfonamides is 1. The van der Waals surface area contributed by atoms with E-state index in [2.05, 4.69) is 21.9 Å². The number of hydrogen-bond acceptors (Lipinski definition) is 3. The van der Waals surface area contributed by atoms with Crippen molar-refractivity contribution in [1.82, 2.24) is 15.0 Å². The van der Waals surface area contributed by atoms with Gasteiger partial charge in [-0.1, -0.05) is 6.92 Å². The number of aromatic nitrogens is 1. The lowest BCUT2D eigenvalue weighted by Crippen LogP contribution is -2.24. The summed E-state index contributed by atoms with van der Waals surface area (Å²) in [6.07, 6.45) is 2.66. The molecular weight excluding hydrogens is 257 g/mol. The summed E-state index contributed by atoms with van der Waals surface area (Å²) in [5.74, 6) is 0. The molecule has 0 aliphatic carbocycles. The first-order chi connectivity index (χ1) is 8.60. The van der Waals surface area contributed by atoms with E-state index in [1.165, 1.54) is 6.20 Å². The average molecular weight is 277 g/mol. The quantitative estimate of drug-likeness (QED) is 0.593. The van der Waals surface area contributed by atoms with Gasteiger partial charge in [0.05, 0.1) is 11.6 Å². The second kappa shape index (κ2) is 7.50. The molecule has 0 unspecified atom stereocenters. The van der Waals surface area contributed by atoms with Crippen molar-refractivity contribution in [3.05, 3.63) is 18.0 Å². The lowest BCUT2D eigenvalue weighted by molar-refractivity contribution is 0.470. The third-order valence-corrected chi connectivity index (χ3v) is 3.81. The summed E-state index contributed by atoms with van der Waals surface area (Å²) in [5, 5.41) is 3.17. The highest BCUT2D eigenvalue weighted by Gasteiger charge is 2.14. The lowest BCUT2D eigenvalue weighted by Gasteiger charge is -2.02. The monoisotopic (exact) mass is 277 g/mol. The Bertz CT molecular complexity index is 445. The van der Waals surface area contributed by atoms with E-state index in [0.29, 0.717) is 6.54 Å². The molecule has 0 amide bonds. The molecule has 1 aromatic heterocycles. The fourth-order valence-corrected chi connectivity index (χ4v) is 2.52. The normalized spacial score (nSPS) is 11.9. The molecule has 3 N–H and O–H groups in total. The van der Waals surface area contributed by atoms with Crippen LogP contribution < -0.4 is 10.0 Å². The molecule has 104 valence electrons. The van der Waals surface area contributed by atoms with Gasteiger partial charge in [-0.05, 0) is 25.5 Å². The number of rotatable bonds is 9. The predicted octanol–water partition coefficient (Wildman–Crippen LogP) is 1.15. The van der Waals surface area contributed by atoms with Crippen molar-refractivity contribution in [3.8, 4) is 0 Å². The molecule has 1 rings (SSSR count). The highest BCUT2D eigenvalue weighted by molar-refractivity contribution is 7.89. The molecule has 0 saturated heterocycles. The fourth-order valence-electron chi connectivity index (χ4n) is 1.43. The molecule has 0 aromatic carbocycles. The maximum atomic E-state index is 11.9. The van der Waals surface area contributed by atoms with Gasteiger partial charge in [-0.25, -0.2) is 13.1 Å². The van der Waals surface area contributed by atoms with Crippen LogP contribution in [0.2, 0.25) is 0 Å². The van der Waals surface area contributed by atoms with Crippen LogP contribution in [0.4, 0.5) is 4.39 Å². The van der Waals surface area contributed by atoms with Crippen molar-refractivity contribution >= 4 is 10.0 Å². The average Bonchev–Trinajstić information content (AvgIpc) is 2.79. The SMILES string of the molecule is CCCNCc1cc(S(=O)(=O)NCCCF)c[nH]1. The summed E-state index contributed by atoms with van der Waals surface area (Å²) >= 11 is 0. The molecule has 18 heavy (non-hydrogen) atoms. The van der Waals surface area contributed by atoms with Crippen molar-refractivity contribution in [2.24, 2.45) is 0 Å². The van der Waals surface area contributed by atoms with Crippen LogP contribution in [-0.2, 0) is 16.6 Å². The van der Waals surface area contributed by atoms with Crippen LogP contribution >= 0.6 is 0 Å². The molecule has 1 aromatic rings. The van der Waals surface area contributed by atoms with Gasteiger partial charge in [0.2, 0.25) is 10.0 Å². The predicted molar refractivity (Wildman–Crippen MR) is 68.6 cm³/mol. The molecule has 7 heteroatoms. The Morgan fingerprint density at radius 1 is 1.39 bits per heavy atom. The summed E-state index contributed by atoms with van der Waals surface area (Å²) in [6, 6.07) is 1.58. The molecule has 0 spiro atoms. The first-order valence-corrected chi connectivity index (χ1v) is 7.52. The van der Waals surface area contributed by atoms with E-state index in [-0.39, 0.29) is 17.9 Å². The third-order valence-electron chi connectivity index (χ3n) is 2.37. The second-order valence-electron chi connectivity index (χ2n) is 3.98. The van der Waals surface area contributed by atoms with Crippen LogP contribution in [0, 0.1) is 0 Å². The van der Waals surface area contributed by atoms with E-state index >= 15 is 0 Å². The molecule has 0 bridgehead atoms. The van der Waals surface area contributed by atoms with Gasteiger partial charge in [0.1, 0.15) is 0 Å². The smallest absolute Gasteiger partial charge is 0.242 e. The number of hydrogen-bond donors (Lipinski definition) is 3. The molecule has 0 radical (unpaired) electrons. The van der Waals surface area contributed by atoms with Crippen molar-refractivity contribution < 1.29 is 12.8 Å². The van der Waals surface area contributed by atoms with E-state index in [4.69, 9.17) is 0 Å². The van der Waals surface area contributed by atoms with Gasteiger partial charge in [0.25, 0.3) is 0 Å². The van der Waals surface area contributed by atoms with Gasteiger partial charge in [-0.15, -0.1) is 0 Å². The Labute approximate surface area is 107 Å². The van der Waals surface area contributed by atoms with Crippen molar-refractivity contribution in [2.45, 2.75) is 31.2 Å². The van der Waals surface area contributed by atoms with Crippen LogP contribution in [-0.4, -0.2) is 33.2 Å². The van der Waals surface area contributed by atoms with Crippen molar-refractivity contribution in [3.63, 3.8) is 0 Å². The molecule has 0 aliphatic heterocycles. The minimum atomic E-state index is -3.52. The van der Waals surface area contributed by atoms with E-state index in [9.17, 15) is 12.8 Å². The first kappa shape index (κ1) is 15.1. The maximum absolute atomic E-state index is 11.9. The third kappa shape index (κ3) is 4.75. The Kier molecular flexibility index (Phi) is 6.31. The minimum absolute atomic E-state index is 0.118. The number of halogens is 1. The number of aromatic amines is 1. The molecule has 0 atom stereocenters. The van der Waals surface area contributed by atoms with E-state index < -0.39 is 16.7 Å². The maximum Gasteiger partial charge on any atom is 0.242 e. The molecule has 5 nitrogen and oxygen atoms in total. The number of nitrogens with one attached hydrogen (secondary N) is 3. The van der Waals surface area contributed by atoms with Gasteiger partial charge >= 0.3 is 0 Å². The molecule has 0 saturated carbocycles. The minimum Gasteiger partial charge on any atom is -0.363 e. The highest BCUT2D eigenvalue weighted by Crippen LogP contribution is 2.10. The van der Waals surface area contributed by atoms with E-state index in [0.717, 1.165) is 18.7 Å². The van der Waals surface area contributed by atoms with E-state index in [1.54, 1.807) is 6.07 Å². The zero-order valence-electron chi connectivity index (χ0n) is 10.5. The number of alkyl halides is 1. The zero-order chi connectivity index (χ0) is 13.4. The summed E-state index contributed by atoms with van der Waals surface area (Å²) in [4.78, 5) is 3.09. The Morgan fingerprint density at radius 2 is 2.17 bits per heavy atom. The van der Waals surface area contributed by atoms with E-state index in [1.807, 2.05) is 0 Å². The van der Waals surface area contributed by atoms with Gasteiger partial charge in [-0.2, -0.15) is 0 Å². The largest absolute Gasteiger partial charge is 0.363 e. The topological polar surface area (TPSA) is 74.0 Å². The zero-order valence-corrected chi connectivity index (χ0v) is 11.3. The van der Waals surface area contributed by atoms with Gasteiger partial charge in [-0.3, -0.25) is 4.39 Å². The standard InChI is InChI=1S/C11H20FN3O2S/c1-2-5-13-8-10-7-11(9-14-10)18(16,17)15-6-3-4-12/h7,9,13-15H,2-6,8H2,1H3. The van der Waals surface area contributed by atoms with Crippen LogP contribution in [0.5, 0.6) is 0 Å². The highest BCUT2D eigenvalue weighted by atomic mass is 32.2.